The van der Waals surface area contributed by atoms with E-state index in [-0.39, 0.29) is 11.3 Å². The van der Waals surface area contributed by atoms with Gasteiger partial charge < -0.3 is 4.74 Å². The maximum Gasteiger partial charge on any atom is 0.414 e. The summed E-state index contributed by atoms with van der Waals surface area (Å²) in [5, 5.41) is 6.78. The summed E-state index contributed by atoms with van der Waals surface area (Å²) in [6.07, 6.45) is 0.681. The predicted molar refractivity (Wildman–Crippen MR) is 85.8 cm³/mol. The minimum atomic E-state index is -1.28. The molecule has 0 atom stereocenters. The lowest BCUT2D eigenvalue weighted by Gasteiger charge is -2.30. The quantitative estimate of drug-likeness (QED) is 0.783. The van der Waals surface area contributed by atoms with Crippen LogP contribution in [0.2, 0.25) is 0 Å². The highest BCUT2D eigenvalue weighted by Crippen LogP contribution is 2.38. The molecular formula is C17H18F3N3O2. The average molecular weight is 353 g/mol. The summed E-state index contributed by atoms with van der Waals surface area (Å²) in [5.41, 5.74) is 0.0942. The molecule has 1 aliphatic heterocycles. The van der Waals surface area contributed by atoms with Gasteiger partial charge in [-0.3, -0.25) is 10.00 Å². The first-order chi connectivity index (χ1) is 11.7. The summed E-state index contributed by atoms with van der Waals surface area (Å²) < 4.78 is 46.3. The van der Waals surface area contributed by atoms with Gasteiger partial charge in [0.1, 0.15) is 17.1 Å². The lowest BCUT2D eigenvalue weighted by Crippen LogP contribution is -2.39. The number of ether oxygens (including phenoxy) is 1. The first kappa shape index (κ1) is 17.3. The number of nitrogens with zero attached hydrogens (tertiary/aromatic N) is 2. The summed E-state index contributed by atoms with van der Waals surface area (Å²) in [7, 11) is 0. The van der Waals surface area contributed by atoms with E-state index in [4.69, 9.17) is 4.74 Å². The number of rotatable bonds is 1. The lowest BCUT2D eigenvalue weighted by molar-refractivity contribution is 0.0578. The molecule has 1 aliphatic rings. The molecule has 2 aromatic rings. The Balaban J connectivity index is 2.07. The molecule has 0 unspecified atom stereocenters. The zero-order valence-corrected chi connectivity index (χ0v) is 14.1. The van der Waals surface area contributed by atoms with Gasteiger partial charge in [0, 0.05) is 18.2 Å². The molecule has 0 radical (unpaired) electrons. The van der Waals surface area contributed by atoms with Gasteiger partial charge in [-0.25, -0.2) is 18.0 Å². The second-order valence-corrected chi connectivity index (χ2v) is 6.88. The lowest BCUT2D eigenvalue weighted by atomic mass is 10.0. The van der Waals surface area contributed by atoms with Gasteiger partial charge in [0.05, 0.1) is 11.4 Å². The molecule has 0 bridgehead atoms. The first-order valence-corrected chi connectivity index (χ1v) is 7.90. The first-order valence-electron chi connectivity index (χ1n) is 7.90. The van der Waals surface area contributed by atoms with E-state index in [9.17, 15) is 18.0 Å². The highest BCUT2D eigenvalue weighted by atomic mass is 19.2. The molecule has 0 saturated carbocycles. The van der Waals surface area contributed by atoms with Gasteiger partial charge in [-0.1, -0.05) is 0 Å². The summed E-state index contributed by atoms with van der Waals surface area (Å²) in [4.78, 5) is 13.8. The third kappa shape index (κ3) is 3.33. The topological polar surface area (TPSA) is 58.2 Å². The average Bonchev–Trinajstić information content (AvgIpc) is 2.93. The van der Waals surface area contributed by atoms with Crippen molar-refractivity contribution in [3.8, 4) is 11.3 Å². The molecule has 0 fully saturated rings. The molecule has 8 heteroatoms. The Morgan fingerprint density at radius 2 is 1.88 bits per heavy atom. The standard InChI is InChI=1S/C17H18F3N3O2/c1-17(2,3)25-16(24)23-6-4-5-13-15(23)14(22-21-13)9-7-11(19)12(20)8-10(9)18/h7-8H,4-6H2,1-3H3,(H,21,22). The molecule has 134 valence electrons. The molecule has 1 N–H and O–H groups in total. The van der Waals surface area contributed by atoms with E-state index in [1.54, 1.807) is 20.8 Å². The van der Waals surface area contributed by atoms with Crippen LogP contribution in [0, 0.1) is 17.5 Å². The molecule has 0 saturated heterocycles. The Bertz CT molecular complexity index is 827. The maximum absolute atomic E-state index is 14.2. The number of H-pyrrole nitrogens is 1. The van der Waals surface area contributed by atoms with E-state index < -0.39 is 29.1 Å². The highest BCUT2D eigenvalue weighted by molar-refractivity contribution is 5.94. The SMILES string of the molecule is CC(C)(C)OC(=O)N1CCCc2[nH]nc(-c3cc(F)c(F)cc3F)c21. The largest absolute Gasteiger partial charge is 0.443 e. The number of carbonyl (C=O) groups is 1. The normalized spacial score (nSPS) is 14.4. The zero-order chi connectivity index (χ0) is 18.4. The molecule has 0 spiro atoms. The number of hydrogen-bond donors (Lipinski definition) is 1. The molecule has 3 rings (SSSR count). The number of amides is 1. The van der Waals surface area contributed by atoms with Crippen LogP contribution in [0.3, 0.4) is 0 Å². The van der Waals surface area contributed by atoms with Gasteiger partial charge in [-0.2, -0.15) is 5.10 Å². The van der Waals surface area contributed by atoms with Crippen molar-refractivity contribution in [1.82, 2.24) is 10.2 Å². The number of halogens is 3. The van der Waals surface area contributed by atoms with E-state index in [0.717, 1.165) is 6.07 Å². The van der Waals surface area contributed by atoms with Crippen LogP contribution < -0.4 is 4.90 Å². The number of carbonyl (C=O) groups excluding carboxylic acids is 1. The van der Waals surface area contributed by atoms with Gasteiger partial charge in [0.2, 0.25) is 0 Å². The van der Waals surface area contributed by atoms with Crippen LogP contribution in [0.4, 0.5) is 23.7 Å². The van der Waals surface area contributed by atoms with Crippen molar-refractivity contribution in [1.29, 1.82) is 0 Å². The maximum atomic E-state index is 14.2. The predicted octanol–water partition coefficient (Wildman–Crippen LogP) is 4.18. The molecular weight excluding hydrogens is 335 g/mol. The molecule has 0 aliphatic carbocycles. The van der Waals surface area contributed by atoms with Gasteiger partial charge in [-0.15, -0.1) is 0 Å². The smallest absolute Gasteiger partial charge is 0.414 e. The molecule has 5 nitrogen and oxygen atoms in total. The number of aryl methyl sites for hydroxylation is 1. The van der Waals surface area contributed by atoms with Crippen molar-refractivity contribution in [2.75, 3.05) is 11.4 Å². The van der Waals surface area contributed by atoms with Crippen LogP contribution in [0.25, 0.3) is 11.3 Å². The number of nitrogens with one attached hydrogen (secondary N) is 1. The molecule has 2 heterocycles. The molecule has 1 aromatic heterocycles. The van der Waals surface area contributed by atoms with E-state index in [0.29, 0.717) is 36.8 Å². The van der Waals surface area contributed by atoms with E-state index in [2.05, 4.69) is 10.2 Å². The van der Waals surface area contributed by atoms with Crippen molar-refractivity contribution in [3.63, 3.8) is 0 Å². The second kappa shape index (κ2) is 6.09. The van der Waals surface area contributed by atoms with Crippen LogP contribution >= 0.6 is 0 Å². The van der Waals surface area contributed by atoms with Crippen molar-refractivity contribution in [2.24, 2.45) is 0 Å². The number of fused-ring (bicyclic) bond motifs is 1. The van der Waals surface area contributed by atoms with Crippen molar-refractivity contribution in [3.05, 3.63) is 35.3 Å². The van der Waals surface area contributed by atoms with Gasteiger partial charge in [0.25, 0.3) is 0 Å². The van der Waals surface area contributed by atoms with Crippen LogP contribution in [-0.2, 0) is 11.2 Å². The Hall–Kier alpha value is -2.51. The Morgan fingerprint density at radius 1 is 1.20 bits per heavy atom. The zero-order valence-electron chi connectivity index (χ0n) is 14.1. The Morgan fingerprint density at radius 3 is 2.56 bits per heavy atom. The Labute approximate surface area is 142 Å². The van der Waals surface area contributed by atoms with E-state index in [1.807, 2.05) is 0 Å². The van der Waals surface area contributed by atoms with Crippen LogP contribution in [0.1, 0.15) is 32.9 Å². The van der Waals surface area contributed by atoms with Gasteiger partial charge >= 0.3 is 6.09 Å². The fourth-order valence-electron chi connectivity index (χ4n) is 2.75. The molecule has 25 heavy (non-hydrogen) atoms. The second-order valence-electron chi connectivity index (χ2n) is 6.88. The number of aromatic amines is 1. The number of hydrogen-bond acceptors (Lipinski definition) is 3. The van der Waals surface area contributed by atoms with Crippen molar-refractivity contribution >= 4 is 11.8 Å². The molecule has 1 aromatic carbocycles. The third-order valence-electron chi connectivity index (χ3n) is 3.77. The third-order valence-corrected chi connectivity index (χ3v) is 3.77. The number of aromatic nitrogens is 2. The number of anilines is 1. The summed E-state index contributed by atoms with van der Waals surface area (Å²) >= 11 is 0. The fraction of sp³-hybridized carbons (Fsp3) is 0.412. The van der Waals surface area contributed by atoms with Crippen molar-refractivity contribution in [2.45, 2.75) is 39.2 Å². The monoisotopic (exact) mass is 353 g/mol. The molecule has 1 amide bonds. The minimum Gasteiger partial charge on any atom is -0.443 e. The van der Waals surface area contributed by atoms with Gasteiger partial charge in [-0.05, 0) is 39.7 Å². The van der Waals surface area contributed by atoms with Crippen LogP contribution in [0.15, 0.2) is 12.1 Å². The van der Waals surface area contributed by atoms with Crippen LogP contribution in [-0.4, -0.2) is 28.4 Å². The van der Waals surface area contributed by atoms with Crippen LogP contribution in [0.5, 0.6) is 0 Å². The van der Waals surface area contributed by atoms with E-state index >= 15 is 0 Å². The summed E-state index contributed by atoms with van der Waals surface area (Å²) in [6.45, 7) is 5.57. The van der Waals surface area contributed by atoms with E-state index in [1.165, 1.54) is 4.90 Å². The Kier molecular flexibility index (Phi) is 4.22. The fourth-order valence-corrected chi connectivity index (χ4v) is 2.75. The van der Waals surface area contributed by atoms with Gasteiger partial charge in [0.15, 0.2) is 11.6 Å². The summed E-state index contributed by atoms with van der Waals surface area (Å²) in [5.74, 6) is -3.43. The highest BCUT2D eigenvalue weighted by Gasteiger charge is 2.32. The number of benzene rings is 1. The summed E-state index contributed by atoms with van der Waals surface area (Å²) in [6, 6.07) is 1.20. The minimum absolute atomic E-state index is 0.0527. The van der Waals surface area contributed by atoms with Crippen molar-refractivity contribution < 1.29 is 22.7 Å².